The minimum Gasteiger partial charge on any atom is -0.391 e. The predicted molar refractivity (Wildman–Crippen MR) is 88.8 cm³/mol. The molecule has 0 bridgehead atoms. The number of rotatable bonds is 5. The number of aliphatic hydroxyl groups is 1. The molecule has 0 amide bonds. The molecule has 3 N–H and O–H groups in total. The van der Waals surface area contributed by atoms with Crippen molar-refractivity contribution in [3.8, 4) is 10.6 Å². The summed E-state index contributed by atoms with van der Waals surface area (Å²) in [7, 11) is 0. The first-order valence-electron chi connectivity index (χ1n) is 7.02. The molecular formula is C15H19ClFN3OS. The van der Waals surface area contributed by atoms with Gasteiger partial charge in [-0.15, -0.1) is 23.7 Å². The molecular weight excluding hydrogens is 325 g/mol. The molecule has 4 nitrogen and oxygen atoms in total. The summed E-state index contributed by atoms with van der Waals surface area (Å²) in [5.41, 5.74) is 1.91. The number of halogens is 2. The Labute approximate surface area is 139 Å². The zero-order chi connectivity index (χ0) is 14.7. The largest absolute Gasteiger partial charge is 0.391 e. The first-order valence-corrected chi connectivity index (χ1v) is 7.90. The van der Waals surface area contributed by atoms with Gasteiger partial charge in [-0.25, -0.2) is 9.37 Å². The highest BCUT2D eigenvalue weighted by Crippen LogP contribution is 2.23. The SMILES string of the molecule is Cl.OC1CNCC1CNCc1csc(-c2ccc(F)cc2)n1. The molecule has 3 rings (SSSR count). The maximum Gasteiger partial charge on any atom is 0.123 e. The van der Waals surface area contributed by atoms with Gasteiger partial charge in [0.1, 0.15) is 10.8 Å². The maximum atomic E-state index is 12.9. The van der Waals surface area contributed by atoms with Crippen LogP contribution in [0.15, 0.2) is 29.6 Å². The fourth-order valence-electron chi connectivity index (χ4n) is 2.43. The van der Waals surface area contributed by atoms with Gasteiger partial charge in [-0.1, -0.05) is 0 Å². The van der Waals surface area contributed by atoms with Gasteiger partial charge in [-0.3, -0.25) is 0 Å². The highest BCUT2D eigenvalue weighted by molar-refractivity contribution is 7.13. The van der Waals surface area contributed by atoms with E-state index in [0.717, 1.165) is 29.4 Å². The Hall–Kier alpha value is -1.05. The van der Waals surface area contributed by atoms with Crippen LogP contribution in [0.2, 0.25) is 0 Å². The van der Waals surface area contributed by atoms with Gasteiger partial charge in [0.15, 0.2) is 0 Å². The molecule has 1 aliphatic rings. The number of β-amino-alcohol motifs (C(OH)–C–C–N with tert-alkyl or cyclic N) is 1. The van der Waals surface area contributed by atoms with Crippen molar-refractivity contribution in [2.75, 3.05) is 19.6 Å². The lowest BCUT2D eigenvalue weighted by molar-refractivity contribution is 0.146. The quantitative estimate of drug-likeness (QED) is 0.777. The lowest BCUT2D eigenvalue weighted by Gasteiger charge is -2.13. The smallest absolute Gasteiger partial charge is 0.123 e. The van der Waals surface area contributed by atoms with Gasteiger partial charge in [0, 0.05) is 43.0 Å². The molecule has 0 radical (unpaired) electrons. The molecule has 22 heavy (non-hydrogen) atoms. The number of aromatic nitrogens is 1. The van der Waals surface area contributed by atoms with Crippen molar-refractivity contribution >= 4 is 23.7 Å². The third-order valence-electron chi connectivity index (χ3n) is 3.66. The van der Waals surface area contributed by atoms with Crippen LogP contribution in [-0.4, -0.2) is 35.8 Å². The standard InChI is InChI=1S/C15H18FN3OS.ClH/c16-12-3-1-10(2-4-12)15-19-13(9-21-15)7-17-5-11-6-18-8-14(11)20;/h1-4,9,11,14,17-18,20H,5-8H2;1H. The van der Waals surface area contributed by atoms with E-state index in [-0.39, 0.29) is 30.2 Å². The van der Waals surface area contributed by atoms with Crippen molar-refractivity contribution in [1.29, 1.82) is 0 Å². The lowest BCUT2D eigenvalue weighted by atomic mass is 10.1. The topological polar surface area (TPSA) is 57.2 Å². The second-order valence-electron chi connectivity index (χ2n) is 5.27. The van der Waals surface area contributed by atoms with Gasteiger partial charge in [0.2, 0.25) is 0 Å². The van der Waals surface area contributed by atoms with E-state index < -0.39 is 0 Å². The van der Waals surface area contributed by atoms with Gasteiger partial charge < -0.3 is 15.7 Å². The van der Waals surface area contributed by atoms with Crippen molar-refractivity contribution in [2.45, 2.75) is 12.6 Å². The van der Waals surface area contributed by atoms with Crippen LogP contribution < -0.4 is 10.6 Å². The highest BCUT2D eigenvalue weighted by atomic mass is 35.5. The molecule has 0 saturated carbocycles. The Morgan fingerprint density at radius 3 is 2.77 bits per heavy atom. The summed E-state index contributed by atoms with van der Waals surface area (Å²) in [4.78, 5) is 4.55. The van der Waals surface area contributed by atoms with Crippen LogP contribution in [0.3, 0.4) is 0 Å². The minimum atomic E-state index is -0.261. The van der Waals surface area contributed by atoms with Gasteiger partial charge in [-0.05, 0) is 24.3 Å². The second kappa shape index (κ2) is 7.99. The predicted octanol–water partition coefficient (Wildman–Crippen LogP) is 2.04. The Morgan fingerprint density at radius 1 is 1.32 bits per heavy atom. The summed E-state index contributed by atoms with van der Waals surface area (Å²) >= 11 is 1.56. The van der Waals surface area contributed by atoms with E-state index in [1.807, 2.05) is 5.38 Å². The van der Waals surface area contributed by atoms with Crippen molar-refractivity contribution in [2.24, 2.45) is 5.92 Å². The average Bonchev–Trinajstić information content (AvgIpc) is 3.10. The van der Waals surface area contributed by atoms with Gasteiger partial charge in [-0.2, -0.15) is 0 Å². The van der Waals surface area contributed by atoms with Gasteiger partial charge in [0.25, 0.3) is 0 Å². The average molecular weight is 344 g/mol. The van der Waals surface area contributed by atoms with Crippen LogP contribution in [0.25, 0.3) is 10.6 Å². The Kier molecular flexibility index (Phi) is 6.28. The Bertz CT molecular complexity index is 593. The van der Waals surface area contributed by atoms with Crippen LogP contribution in [0.5, 0.6) is 0 Å². The molecule has 2 heterocycles. The summed E-state index contributed by atoms with van der Waals surface area (Å²) in [6.45, 7) is 2.99. The summed E-state index contributed by atoms with van der Waals surface area (Å²) in [5, 5.41) is 19.1. The van der Waals surface area contributed by atoms with E-state index in [2.05, 4.69) is 15.6 Å². The Morgan fingerprint density at radius 2 is 2.09 bits per heavy atom. The third-order valence-corrected chi connectivity index (χ3v) is 4.60. The van der Waals surface area contributed by atoms with E-state index in [0.29, 0.717) is 13.1 Å². The number of benzene rings is 1. The van der Waals surface area contributed by atoms with Gasteiger partial charge >= 0.3 is 0 Å². The van der Waals surface area contributed by atoms with Crippen LogP contribution in [0.1, 0.15) is 5.69 Å². The fourth-order valence-corrected chi connectivity index (χ4v) is 3.25. The van der Waals surface area contributed by atoms with Crippen LogP contribution in [0, 0.1) is 11.7 Å². The molecule has 7 heteroatoms. The van der Waals surface area contributed by atoms with Gasteiger partial charge in [0.05, 0.1) is 11.8 Å². The van der Waals surface area contributed by atoms with Crippen molar-refractivity contribution in [3.05, 3.63) is 41.2 Å². The molecule has 1 saturated heterocycles. The molecule has 0 aliphatic carbocycles. The summed E-state index contributed by atoms with van der Waals surface area (Å²) < 4.78 is 12.9. The molecule has 120 valence electrons. The molecule has 1 aliphatic heterocycles. The second-order valence-corrected chi connectivity index (χ2v) is 6.13. The minimum absolute atomic E-state index is 0. The monoisotopic (exact) mass is 343 g/mol. The van der Waals surface area contributed by atoms with E-state index in [9.17, 15) is 9.50 Å². The summed E-state index contributed by atoms with van der Waals surface area (Å²) in [5.74, 6) is 0.0288. The first-order chi connectivity index (χ1) is 10.2. The first kappa shape index (κ1) is 17.3. The maximum absolute atomic E-state index is 12.9. The van der Waals surface area contributed by atoms with Crippen molar-refractivity contribution < 1.29 is 9.50 Å². The lowest BCUT2D eigenvalue weighted by Crippen LogP contribution is -2.30. The van der Waals surface area contributed by atoms with Crippen LogP contribution in [-0.2, 0) is 6.54 Å². The third kappa shape index (κ3) is 4.24. The number of nitrogens with one attached hydrogen (secondary N) is 2. The number of hydrogen-bond donors (Lipinski definition) is 3. The van der Waals surface area contributed by atoms with E-state index in [1.54, 1.807) is 23.5 Å². The number of nitrogens with zero attached hydrogens (tertiary/aromatic N) is 1. The molecule has 2 unspecified atom stereocenters. The van der Waals surface area contributed by atoms with Crippen LogP contribution >= 0.6 is 23.7 Å². The number of hydrogen-bond acceptors (Lipinski definition) is 5. The highest BCUT2D eigenvalue weighted by Gasteiger charge is 2.24. The zero-order valence-electron chi connectivity index (χ0n) is 12.0. The molecule has 1 fully saturated rings. The number of aliphatic hydroxyl groups excluding tert-OH is 1. The normalized spacial score (nSPS) is 20.8. The molecule has 2 atom stereocenters. The van der Waals surface area contributed by atoms with Crippen LogP contribution in [0.4, 0.5) is 4.39 Å². The van der Waals surface area contributed by atoms with E-state index in [1.165, 1.54) is 12.1 Å². The summed E-state index contributed by atoms with van der Waals surface area (Å²) in [6, 6.07) is 6.38. The van der Waals surface area contributed by atoms with E-state index in [4.69, 9.17) is 0 Å². The van der Waals surface area contributed by atoms with Crippen molar-refractivity contribution in [3.63, 3.8) is 0 Å². The molecule has 1 aromatic carbocycles. The Balaban J connectivity index is 0.00000176. The molecule has 0 spiro atoms. The summed E-state index contributed by atoms with van der Waals surface area (Å²) in [6.07, 6.45) is -0.261. The van der Waals surface area contributed by atoms with E-state index >= 15 is 0 Å². The zero-order valence-corrected chi connectivity index (χ0v) is 13.6. The van der Waals surface area contributed by atoms with Crippen molar-refractivity contribution in [1.82, 2.24) is 15.6 Å². The molecule has 2 aromatic rings. The molecule has 1 aromatic heterocycles. The number of thiazole rings is 1. The fraction of sp³-hybridized carbons (Fsp3) is 0.400.